The van der Waals surface area contributed by atoms with Crippen LogP contribution in [0.1, 0.15) is 31.3 Å². The zero-order valence-corrected chi connectivity index (χ0v) is 11.3. The molecule has 0 aliphatic heterocycles. The highest BCUT2D eigenvalue weighted by atomic mass is 16.5. The minimum atomic E-state index is 0.113. The molecule has 0 fully saturated rings. The van der Waals surface area contributed by atoms with Gasteiger partial charge in [-0.2, -0.15) is 5.10 Å². The molecule has 2 rings (SSSR count). The molecule has 0 amide bonds. The fourth-order valence-electron chi connectivity index (χ4n) is 1.89. The standard InChI is InChI=1S/C14H19N3O/c1-5-13-15-14(16-17(13)3)12-8-6-11(7-9-12)10(2)18-4/h6-10H,5H2,1-4H3/t10-/m1/s1. The van der Waals surface area contributed by atoms with E-state index >= 15 is 0 Å². The van der Waals surface area contributed by atoms with Gasteiger partial charge in [0.1, 0.15) is 5.82 Å². The predicted molar refractivity (Wildman–Crippen MR) is 71.2 cm³/mol. The van der Waals surface area contributed by atoms with E-state index in [1.54, 1.807) is 7.11 Å². The Hall–Kier alpha value is -1.68. The molecule has 4 heteroatoms. The van der Waals surface area contributed by atoms with Gasteiger partial charge in [-0.15, -0.1) is 0 Å². The topological polar surface area (TPSA) is 39.9 Å². The molecule has 1 heterocycles. The van der Waals surface area contributed by atoms with Gasteiger partial charge >= 0.3 is 0 Å². The van der Waals surface area contributed by atoms with Gasteiger partial charge in [0, 0.05) is 26.1 Å². The average Bonchev–Trinajstić information content (AvgIpc) is 2.79. The first kappa shape index (κ1) is 12.8. The van der Waals surface area contributed by atoms with Crippen LogP contribution in [0.2, 0.25) is 0 Å². The summed E-state index contributed by atoms with van der Waals surface area (Å²) in [7, 11) is 3.64. The highest BCUT2D eigenvalue weighted by Crippen LogP contribution is 2.21. The largest absolute Gasteiger partial charge is 0.377 e. The smallest absolute Gasteiger partial charge is 0.181 e. The van der Waals surface area contributed by atoms with Crippen molar-refractivity contribution in [1.82, 2.24) is 14.8 Å². The van der Waals surface area contributed by atoms with Crippen LogP contribution in [-0.4, -0.2) is 21.9 Å². The van der Waals surface area contributed by atoms with Crippen molar-refractivity contribution in [3.8, 4) is 11.4 Å². The van der Waals surface area contributed by atoms with Gasteiger partial charge in [-0.3, -0.25) is 4.68 Å². The van der Waals surface area contributed by atoms with E-state index in [-0.39, 0.29) is 6.10 Å². The van der Waals surface area contributed by atoms with Crippen molar-refractivity contribution in [3.63, 3.8) is 0 Å². The van der Waals surface area contributed by atoms with E-state index < -0.39 is 0 Å². The number of aryl methyl sites for hydroxylation is 2. The maximum Gasteiger partial charge on any atom is 0.181 e. The fraction of sp³-hybridized carbons (Fsp3) is 0.429. The molecule has 4 nitrogen and oxygen atoms in total. The van der Waals surface area contributed by atoms with E-state index in [0.29, 0.717) is 0 Å². The number of ether oxygens (including phenoxy) is 1. The molecule has 0 aliphatic carbocycles. The van der Waals surface area contributed by atoms with Crippen molar-refractivity contribution in [2.75, 3.05) is 7.11 Å². The second-order valence-electron chi connectivity index (χ2n) is 4.33. The summed E-state index contributed by atoms with van der Waals surface area (Å²) < 4.78 is 7.12. The lowest BCUT2D eigenvalue weighted by Crippen LogP contribution is -1.96. The Morgan fingerprint density at radius 3 is 2.44 bits per heavy atom. The molecule has 0 bridgehead atoms. The van der Waals surface area contributed by atoms with Crippen LogP contribution in [0.4, 0.5) is 0 Å². The monoisotopic (exact) mass is 245 g/mol. The van der Waals surface area contributed by atoms with Crippen LogP contribution in [0.5, 0.6) is 0 Å². The second-order valence-corrected chi connectivity index (χ2v) is 4.33. The Balaban J connectivity index is 2.28. The van der Waals surface area contributed by atoms with E-state index in [1.807, 2.05) is 30.8 Å². The van der Waals surface area contributed by atoms with Gasteiger partial charge in [0.15, 0.2) is 5.82 Å². The lowest BCUT2D eigenvalue weighted by Gasteiger charge is -2.09. The fourth-order valence-corrected chi connectivity index (χ4v) is 1.89. The third-order valence-corrected chi connectivity index (χ3v) is 3.16. The van der Waals surface area contributed by atoms with Gasteiger partial charge in [-0.1, -0.05) is 31.2 Å². The molecule has 0 saturated carbocycles. The van der Waals surface area contributed by atoms with Gasteiger partial charge in [-0.25, -0.2) is 4.98 Å². The molecular weight excluding hydrogens is 226 g/mol. The number of benzene rings is 1. The molecule has 1 atom stereocenters. The molecule has 0 unspecified atom stereocenters. The van der Waals surface area contributed by atoms with E-state index in [4.69, 9.17) is 4.74 Å². The molecule has 96 valence electrons. The van der Waals surface area contributed by atoms with Crippen molar-refractivity contribution < 1.29 is 4.74 Å². The number of rotatable bonds is 4. The van der Waals surface area contributed by atoms with E-state index in [1.165, 1.54) is 0 Å². The summed E-state index contributed by atoms with van der Waals surface area (Å²) >= 11 is 0. The zero-order chi connectivity index (χ0) is 13.1. The minimum Gasteiger partial charge on any atom is -0.377 e. The van der Waals surface area contributed by atoms with Crippen molar-refractivity contribution in [3.05, 3.63) is 35.7 Å². The van der Waals surface area contributed by atoms with Gasteiger partial charge in [-0.05, 0) is 12.5 Å². The molecule has 0 aliphatic rings. The van der Waals surface area contributed by atoms with Gasteiger partial charge in [0.25, 0.3) is 0 Å². The summed E-state index contributed by atoms with van der Waals surface area (Å²) in [4.78, 5) is 4.51. The van der Waals surface area contributed by atoms with Gasteiger partial charge in [0.05, 0.1) is 6.10 Å². The Morgan fingerprint density at radius 1 is 1.28 bits per heavy atom. The number of hydrogen-bond donors (Lipinski definition) is 0. The number of methoxy groups -OCH3 is 1. The lowest BCUT2D eigenvalue weighted by molar-refractivity contribution is 0.119. The van der Waals surface area contributed by atoms with Crippen LogP contribution in [0, 0.1) is 0 Å². The number of hydrogen-bond acceptors (Lipinski definition) is 3. The number of aromatic nitrogens is 3. The predicted octanol–water partition coefficient (Wildman–Crippen LogP) is 2.75. The first-order chi connectivity index (χ1) is 8.65. The lowest BCUT2D eigenvalue weighted by atomic mass is 10.1. The summed E-state index contributed by atoms with van der Waals surface area (Å²) in [6.07, 6.45) is 1.00. The summed E-state index contributed by atoms with van der Waals surface area (Å²) in [6, 6.07) is 8.20. The van der Waals surface area contributed by atoms with E-state index in [2.05, 4.69) is 29.1 Å². The molecule has 0 N–H and O–H groups in total. The second kappa shape index (κ2) is 5.31. The summed E-state index contributed by atoms with van der Waals surface area (Å²) in [6.45, 7) is 4.11. The van der Waals surface area contributed by atoms with E-state index in [9.17, 15) is 0 Å². The molecule has 0 spiro atoms. The molecule has 2 aromatic rings. The highest BCUT2D eigenvalue weighted by molar-refractivity contribution is 5.55. The average molecular weight is 245 g/mol. The maximum absolute atomic E-state index is 5.29. The van der Waals surface area contributed by atoms with Crippen molar-refractivity contribution >= 4 is 0 Å². The SMILES string of the molecule is CCc1nc(-c2ccc([C@@H](C)OC)cc2)nn1C. The Labute approximate surface area is 108 Å². The number of nitrogens with zero attached hydrogens (tertiary/aromatic N) is 3. The minimum absolute atomic E-state index is 0.113. The van der Waals surface area contributed by atoms with Crippen LogP contribution in [-0.2, 0) is 18.2 Å². The maximum atomic E-state index is 5.29. The molecule has 1 aromatic heterocycles. The van der Waals surface area contributed by atoms with Crippen molar-refractivity contribution in [2.45, 2.75) is 26.4 Å². The van der Waals surface area contributed by atoms with Crippen LogP contribution < -0.4 is 0 Å². The van der Waals surface area contributed by atoms with Crippen molar-refractivity contribution in [1.29, 1.82) is 0 Å². The van der Waals surface area contributed by atoms with Crippen LogP contribution in [0.25, 0.3) is 11.4 Å². The van der Waals surface area contributed by atoms with Gasteiger partial charge < -0.3 is 4.74 Å². The molecule has 18 heavy (non-hydrogen) atoms. The summed E-state index contributed by atoms with van der Waals surface area (Å²) in [5, 5.41) is 4.42. The normalized spacial score (nSPS) is 12.7. The Bertz CT molecular complexity index is 516. The molecular formula is C14H19N3O. The van der Waals surface area contributed by atoms with Gasteiger partial charge in [0.2, 0.25) is 0 Å². The Kier molecular flexibility index (Phi) is 3.77. The van der Waals surface area contributed by atoms with Crippen LogP contribution >= 0.6 is 0 Å². The third kappa shape index (κ3) is 2.43. The highest BCUT2D eigenvalue weighted by Gasteiger charge is 2.09. The van der Waals surface area contributed by atoms with Crippen LogP contribution in [0.15, 0.2) is 24.3 Å². The zero-order valence-electron chi connectivity index (χ0n) is 11.3. The quantitative estimate of drug-likeness (QED) is 0.831. The summed E-state index contributed by atoms with van der Waals surface area (Å²) in [5.41, 5.74) is 2.20. The first-order valence-corrected chi connectivity index (χ1v) is 6.18. The first-order valence-electron chi connectivity index (χ1n) is 6.18. The van der Waals surface area contributed by atoms with Crippen LogP contribution in [0.3, 0.4) is 0 Å². The Morgan fingerprint density at radius 2 is 1.94 bits per heavy atom. The molecule has 0 saturated heterocycles. The van der Waals surface area contributed by atoms with Crippen molar-refractivity contribution in [2.24, 2.45) is 7.05 Å². The van der Waals surface area contributed by atoms with E-state index in [0.717, 1.165) is 29.2 Å². The third-order valence-electron chi connectivity index (χ3n) is 3.16. The molecule has 1 aromatic carbocycles. The molecule has 0 radical (unpaired) electrons. The summed E-state index contributed by atoms with van der Waals surface area (Å²) in [5.74, 6) is 1.78.